The maximum absolute atomic E-state index is 9.16. The highest BCUT2D eigenvalue weighted by Crippen LogP contribution is 2.07. The molecule has 1 aromatic rings. The number of aromatic hydroxyl groups is 1. The van der Waals surface area contributed by atoms with Gasteiger partial charge in [0, 0.05) is 17.9 Å². The molecule has 0 amide bonds. The molecule has 2 nitrogen and oxygen atoms in total. The van der Waals surface area contributed by atoms with Gasteiger partial charge in [-0.15, -0.1) is 0 Å². The fourth-order valence-electron chi connectivity index (χ4n) is 0.512. The van der Waals surface area contributed by atoms with Crippen molar-refractivity contribution in [2.75, 3.05) is 0 Å². The normalized spacial score (nSPS) is 14.1. The van der Waals surface area contributed by atoms with Crippen LogP contribution in [0.1, 0.15) is 16.7 Å². The van der Waals surface area contributed by atoms with Crippen LogP contribution in [0.5, 0.6) is 5.75 Å². The minimum atomic E-state index is -0.452. The largest absolute Gasteiger partial charge is 0.508 e. The summed E-state index contributed by atoms with van der Waals surface area (Å²) in [6, 6.07) is -0.518. The minimum Gasteiger partial charge on any atom is -0.508 e. The van der Waals surface area contributed by atoms with Crippen molar-refractivity contribution in [3.63, 3.8) is 0 Å². The van der Waals surface area contributed by atoms with Crippen molar-refractivity contribution < 1.29 is 9.22 Å². The topological polar surface area (TPSA) is 33.1 Å². The van der Waals surface area contributed by atoms with Gasteiger partial charge in [0.15, 0.2) is 0 Å². The SMILES string of the molecule is [2H]c1nc(CC)c([2H])c(O)c1[2H]. The van der Waals surface area contributed by atoms with Crippen LogP contribution >= 0.6 is 0 Å². The molecule has 0 fully saturated rings. The Bertz CT molecular complexity index is 314. The van der Waals surface area contributed by atoms with Gasteiger partial charge in [-0.05, 0) is 12.5 Å². The first kappa shape index (κ1) is 3.20. The zero-order chi connectivity index (χ0) is 9.30. The molecule has 9 heavy (non-hydrogen) atoms. The summed E-state index contributed by atoms with van der Waals surface area (Å²) in [4.78, 5) is 3.68. The summed E-state index contributed by atoms with van der Waals surface area (Å²) in [5.41, 5.74) is 0.355. The van der Waals surface area contributed by atoms with Crippen molar-refractivity contribution in [2.45, 2.75) is 13.3 Å². The molecule has 0 atom stereocenters. The van der Waals surface area contributed by atoms with Crippen molar-refractivity contribution in [3.8, 4) is 5.75 Å². The van der Waals surface area contributed by atoms with Crippen molar-refractivity contribution >= 4 is 0 Å². The number of rotatable bonds is 1. The predicted octanol–water partition coefficient (Wildman–Crippen LogP) is 1.35. The van der Waals surface area contributed by atoms with Crippen LogP contribution < -0.4 is 0 Å². The van der Waals surface area contributed by atoms with Crippen molar-refractivity contribution in [3.05, 3.63) is 24.0 Å². The van der Waals surface area contributed by atoms with Crippen LogP contribution in [0, 0.1) is 0 Å². The van der Waals surface area contributed by atoms with Gasteiger partial charge in [0.05, 0.1) is 4.11 Å². The van der Waals surface area contributed by atoms with E-state index in [0.717, 1.165) is 0 Å². The molecule has 0 saturated carbocycles. The Balaban J connectivity index is 3.39. The number of hydrogen-bond donors (Lipinski definition) is 1. The van der Waals surface area contributed by atoms with E-state index in [2.05, 4.69) is 4.98 Å². The second-order valence-corrected chi connectivity index (χ2v) is 1.62. The molecule has 1 heterocycles. The number of pyridine rings is 1. The van der Waals surface area contributed by atoms with E-state index in [-0.39, 0.29) is 18.3 Å². The third-order valence-electron chi connectivity index (χ3n) is 0.963. The van der Waals surface area contributed by atoms with Gasteiger partial charge >= 0.3 is 0 Å². The molecule has 1 rings (SSSR count). The zero-order valence-corrected chi connectivity index (χ0v) is 5.10. The van der Waals surface area contributed by atoms with Gasteiger partial charge in [-0.3, -0.25) is 4.98 Å². The maximum Gasteiger partial charge on any atom is 0.118 e. The lowest BCUT2D eigenvalue weighted by Crippen LogP contribution is -1.82. The van der Waals surface area contributed by atoms with Crippen LogP contribution in [0.25, 0.3) is 0 Å². The summed E-state index contributed by atoms with van der Waals surface area (Å²) in [7, 11) is 0. The molecule has 0 radical (unpaired) electrons. The second-order valence-electron chi connectivity index (χ2n) is 1.62. The lowest BCUT2D eigenvalue weighted by atomic mass is 10.3. The summed E-state index contributed by atoms with van der Waals surface area (Å²) in [6.07, 6.45) is 0.207. The van der Waals surface area contributed by atoms with E-state index < -0.39 is 5.75 Å². The standard InChI is InChI=1S/C7H9NO/c1-2-6-5-7(9)3-4-8-6/h3-5H,2H2,1H3,(H,8,9)/i3D,4D,5D. The molecule has 0 aliphatic rings. The van der Waals surface area contributed by atoms with E-state index in [0.29, 0.717) is 12.1 Å². The molecule has 1 N–H and O–H groups in total. The van der Waals surface area contributed by atoms with Crippen LogP contribution in [-0.4, -0.2) is 10.1 Å². The van der Waals surface area contributed by atoms with E-state index in [1.165, 1.54) is 0 Å². The van der Waals surface area contributed by atoms with Gasteiger partial charge in [-0.2, -0.15) is 0 Å². The smallest absolute Gasteiger partial charge is 0.118 e. The van der Waals surface area contributed by atoms with E-state index in [4.69, 9.17) is 9.22 Å². The minimum absolute atomic E-state index is 0.140. The fraction of sp³-hybridized carbons (Fsp3) is 0.286. The van der Waals surface area contributed by atoms with Crippen molar-refractivity contribution in [1.29, 1.82) is 0 Å². The van der Waals surface area contributed by atoms with E-state index in [1.54, 1.807) is 6.92 Å². The van der Waals surface area contributed by atoms with Gasteiger partial charge in [-0.1, -0.05) is 6.92 Å². The van der Waals surface area contributed by atoms with Gasteiger partial charge in [0.25, 0.3) is 0 Å². The van der Waals surface area contributed by atoms with Crippen LogP contribution in [0.2, 0.25) is 0 Å². The van der Waals surface area contributed by atoms with E-state index in [9.17, 15) is 0 Å². The Kier molecular flexibility index (Phi) is 0.884. The monoisotopic (exact) mass is 126 g/mol. The van der Waals surface area contributed by atoms with Crippen molar-refractivity contribution in [1.82, 2.24) is 4.98 Å². The summed E-state index contributed by atoms with van der Waals surface area (Å²) in [5.74, 6) is -0.452. The van der Waals surface area contributed by atoms with Crippen LogP contribution in [0.3, 0.4) is 0 Å². The van der Waals surface area contributed by atoms with Crippen LogP contribution in [-0.2, 0) is 6.42 Å². The third-order valence-corrected chi connectivity index (χ3v) is 0.963. The molecule has 0 aromatic carbocycles. The van der Waals surface area contributed by atoms with Gasteiger partial charge in [0.2, 0.25) is 0 Å². The van der Waals surface area contributed by atoms with E-state index >= 15 is 0 Å². The Labute approximate surface area is 58.4 Å². The summed E-state index contributed by atoms with van der Waals surface area (Å²) in [5, 5.41) is 9.16. The maximum atomic E-state index is 9.16. The molecule has 0 bridgehead atoms. The van der Waals surface area contributed by atoms with E-state index in [1.807, 2.05) is 0 Å². The fourth-order valence-corrected chi connectivity index (χ4v) is 0.512. The van der Waals surface area contributed by atoms with Crippen LogP contribution in [0.4, 0.5) is 0 Å². The summed E-state index contributed by atoms with van der Waals surface area (Å²) >= 11 is 0. The molecule has 1 aromatic heterocycles. The first-order valence-corrected chi connectivity index (χ1v) is 2.73. The van der Waals surface area contributed by atoms with Gasteiger partial charge in [-0.25, -0.2) is 0 Å². The second kappa shape index (κ2) is 2.49. The number of nitrogens with zero attached hydrogens (tertiary/aromatic N) is 1. The molecular formula is C7H9NO. The molecular weight excluding hydrogens is 114 g/mol. The summed E-state index contributed by atoms with van der Waals surface area (Å²) in [6.45, 7) is 1.78. The van der Waals surface area contributed by atoms with Gasteiger partial charge < -0.3 is 5.11 Å². The molecule has 0 spiro atoms. The average molecular weight is 126 g/mol. The van der Waals surface area contributed by atoms with Gasteiger partial charge in [0.1, 0.15) is 5.75 Å². The highest BCUT2D eigenvalue weighted by atomic mass is 16.3. The quantitative estimate of drug-likeness (QED) is 0.616. The number of aromatic nitrogens is 1. The Morgan fingerprint density at radius 2 is 2.67 bits per heavy atom. The molecule has 0 saturated heterocycles. The molecule has 2 heteroatoms. The lowest BCUT2D eigenvalue weighted by molar-refractivity contribution is 0.473. The first-order chi connectivity index (χ1) is 5.57. The molecule has 48 valence electrons. The first-order valence-electron chi connectivity index (χ1n) is 4.23. The predicted molar refractivity (Wildman–Crippen MR) is 35.3 cm³/mol. The van der Waals surface area contributed by atoms with Crippen LogP contribution in [0.15, 0.2) is 18.3 Å². The highest BCUT2D eigenvalue weighted by molar-refractivity contribution is 5.20. The molecule has 0 unspecified atom stereocenters. The highest BCUT2D eigenvalue weighted by Gasteiger charge is 1.89. The summed E-state index contributed by atoms with van der Waals surface area (Å²) < 4.78 is 21.6. The lowest BCUT2D eigenvalue weighted by Gasteiger charge is -1.93. The third kappa shape index (κ3) is 1.42. The van der Waals surface area contributed by atoms with Crippen molar-refractivity contribution in [2.24, 2.45) is 0 Å². The Hall–Kier alpha value is -1.05. The number of hydrogen-bond acceptors (Lipinski definition) is 2. The number of aryl methyl sites for hydroxylation is 1. The molecule has 0 aliphatic heterocycles. The Morgan fingerprint density at radius 1 is 1.89 bits per heavy atom. The average Bonchev–Trinajstić information content (AvgIpc) is 2.08. The zero-order valence-electron chi connectivity index (χ0n) is 8.10. The Morgan fingerprint density at radius 3 is 3.33 bits per heavy atom. The molecule has 0 aliphatic carbocycles.